The fraction of sp³-hybridized carbons (Fsp3) is 0.429. The number of amides is 1. The minimum atomic E-state index is -0.828. The van der Waals surface area contributed by atoms with Crippen molar-refractivity contribution in [3.8, 4) is 0 Å². The van der Waals surface area contributed by atoms with Crippen molar-refractivity contribution >= 4 is 43.7 Å². The zero-order valence-corrected chi connectivity index (χ0v) is 13.9. The van der Waals surface area contributed by atoms with Gasteiger partial charge in [0.15, 0.2) is 0 Å². The Morgan fingerprint density at radius 1 is 1.10 bits per heavy atom. The van der Waals surface area contributed by atoms with Gasteiger partial charge in [-0.05, 0) is 31.0 Å². The molecule has 0 bridgehead atoms. The van der Waals surface area contributed by atoms with Crippen LogP contribution in [0.2, 0.25) is 0 Å². The van der Waals surface area contributed by atoms with Gasteiger partial charge in [-0.3, -0.25) is 9.59 Å². The van der Waals surface area contributed by atoms with Crippen molar-refractivity contribution in [1.82, 2.24) is 5.32 Å². The van der Waals surface area contributed by atoms with E-state index in [0.29, 0.717) is 12.0 Å². The predicted octanol–water partition coefficient (Wildman–Crippen LogP) is 3.58. The number of carbonyl (C=O) groups excluding carboxylic acids is 1. The van der Waals surface area contributed by atoms with E-state index in [1.165, 1.54) is 0 Å². The molecular weight excluding hydrogens is 390 g/mol. The third-order valence-corrected chi connectivity index (χ3v) is 4.44. The summed E-state index contributed by atoms with van der Waals surface area (Å²) < 4.78 is 1.60. The molecule has 1 aromatic rings. The molecule has 1 aromatic carbocycles. The van der Waals surface area contributed by atoms with Crippen LogP contribution in [0.1, 0.15) is 36.0 Å². The van der Waals surface area contributed by atoms with Gasteiger partial charge in [-0.1, -0.05) is 44.7 Å². The zero-order valence-electron chi connectivity index (χ0n) is 10.7. The molecule has 20 heavy (non-hydrogen) atoms. The van der Waals surface area contributed by atoms with Crippen LogP contribution in [0, 0.1) is 5.92 Å². The molecule has 2 rings (SSSR count). The monoisotopic (exact) mass is 403 g/mol. The van der Waals surface area contributed by atoms with Crippen LogP contribution >= 0.6 is 31.9 Å². The molecule has 1 aliphatic carbocycles. The van der Waals surface area contributed by atoms with Crippen LogP contribution in [0.25, 0.3) is 0 Å². The van der Waals surface area contributed by atoms with Crippen LogP contribution in [-0.2, 0) is 4.79 Å². The Labute approximate surface area is 134 Å². The molecular formula is C14H15Br2NO3. The van der Waals surface area contributed by atoms with Gasteiger partial charge in [0, 0.05) is 20.6 Å². The topological polar surface area (TPSA) is 66.4 Å². The number of aliphatic carboxylic acids is 1. The summed E-state index contributed by atoms with van der Waals surface area (Å²) in [5.41, 5.74) is 0.515. The molecule has 108 valence electrons. The van der Waals surface area contributed by atoms with Crippen LogP contribution < -0.4 is 5.32 Å². The highest BCUT2D eigenvalue weighted by Crippen LogP contribution is 2.26. The number of halogens is 2. The Balaban J connectivity index is 2.11. The van der Waals surface area contributed by atoms with Gasteiger partial charge in [0.05, 0.1) is 5.92 Å². The van der Waals surface area contributed by atoms with Gasteiger partial charge >= 0.3 is 5.97 Å². The average molecular weight is 405 g/mol. The van der Waals surface area contributed by atoms with E-state index >= 15 is 0 Å². The quantitative estimate of drug-likeness (QED) is 0.808. The minimum Gasteiger partial charge on any atom is -0.481 e. The summed E-state index contributed by atoms with van der Waals surface area (Å²) in [4.78, 5) is 23.5. The molecule has 0 saturated heterocycles. The van der Waals surface area contributed by atoms with Gasteiger partial charge in [0.1, 0.15) is 0 Å². The Kier molecular flexibility index (Phi) is 5.21. The molecule has 6 heteroatoms. The second kappa shape index (κ2) is 6.72. The van der Waals surface area contributed by atoms with Crippen LogP contribution in [0.4, 0.5) is 0 Å². The van der Waals surface area contributed by atoms with E-state index in [1.807, 2.05) is 6.07 Å². The first-order chi connectivity index (χ1) is 9.47. The van der Waals surface area contributed by atoms with E-state index in [1.54, 1.807) is 12.1 Å². The summed E-state index contributed by atoms with van der Waals surface area (Å²) in [5.74, 6) is -1.54. The number of hydrogen-bond donors (Lipinski definition) is 2. The Morgan fingerprint density at radius 3 is 2.30 bits per heavy atom. The minimum absolute atomic E-state index is 0.231. The van der Waals surface area contributed by atoms with Crippen LogP contribution in [0.5, 0.6) is 0 Å². The summed E-state index contributed by atoms with van der Waals surface area (Å²) in [6.07, 6.45) is 3.21. The highest BCUT2D eigenvalue weighted by molar-refractivity contribution is 9.11. The summed E-state index contributed by atoms with van der Waals surface area (Å²) in [6.45, 7) is 0. The molecule has 0 spiro atoms. The number of carbonyl (C=O) groups is 2. The van der Waals surface area contributed by atoms with Gasteiger partial charge in [-0.25, -0.2) is 0 Å². The second-order valence-electron chi connectivity index (χ2n) is 4.97. The number of hydrogen-bond acceptors (Lipinski definition) is 2. The van der Waals surface area contributed by atoms with Crippen LogP contribution in [0.15, 0.2) is 27.1 Å². The fourth-order valence-corrected chi connectivity index (χ4v) is 3.83. The molecule has 0 radical (unpaired) electrons. The maximum Gasteiger partial charge on any atom is 0.308 e. The molecule has 1 aliphatic rings. The van der Waals surface area contributed by atoms with Crippen molar-refractivity contribution in [2.45, 2.75) is 31.7 Å². The maximum absolute atomic E-state index is 12.2. The molecule has 2 atom stereocenters. The third-order valence-electron chi connectivity index (χ3n) is 3.52. The molecule has 4 nitrogen and oxygen atoms in total. The molecule has 2 unspecified atom stereocenters. The van der Waals surface area contributed by atoms with Crippen molar-refractivity contribution in [3.05, 3.63) is 32.7 Å². The van der Waals surface area contributed by atoms with E-state index in [0.717, 1.165) is 28.2 Å². The van der Waals surface area contributed by atoms with Crippen molar-refractivity contribution in [3.63, 3.8) is 0 Å². The van der Waals surface area contributed by atoms with E-state index in [2.05, 4.69) is 37.2 Å². The van der Waals surface area contributed by atoms with Crippen molar-refractivity contribution in [2.75, 3.05) is 0 Å². The lowest BCUT2D eigenvalue weighted by atomic mass is 9.84. The average Bonchev–Trinajstić information content (AvgIpc) is 2.37. The number of benzene rings is 1. The standard InChI is InChI=1S/C14H15Br2NO3/c15-9-5-8(6-10(16)7-9)13(18)17-12-4-2-1-3-11(12)14(19)20/h5-7,11-12H,1-4H2,(H,17,18)(H,19,20). The molecule has 2 N–H and O–H groups in total. The normalized spacial score (nSPS) is 22.3. The van der Waals surface area contributed by atoms with Gasteiger partial charge < -0.3 is 10.4 Å². The second-order valence-corrected chi connectivity index (χ2v) is 6.80. The van der Waals surface area contributed by atoms with Gasteiger partial charge in [0.25, 0.3) is 5.91 Å². The SMILES string of the molecule is O=C(NC1CCCCC1C(=O)O)c1cc(Br)cc(Br)c1. The lowest BCUT2D eigenvalue weighted by molar-refractivity contribution is -0.143. The van der Waals surface area contributed by atoms with E-state index in [4.69, 9.17) is 0 Å². The Hall–Kier alpha value is -0.880. The first-order valence-electron chi connectivity index (χ1n) is 6.47. The summed E-state index contributed by atoms with van der Waals surface area (Å²) in [5, 5.41) is 12.1. The first kappa shape index (κ1) is 15.5. The third kappa shape index (κ3) is 3.82. The number of carboxylic acid groups (broad SMARTS) is 1. The zero-order chi connectivity index (χ0) is 14.7. The lowest BCUT2D eigenvalue weighted by Gasteiger charge is -2.29. The van der Waals surface area contributed by atoms with Crippen LogP contribution in [-0.4, -0.2) is 23.0 Å². The molecule has 1 amide bonds. The maximum atomic E-state index is 12.2. The summed E-state index contributed by atoms with van der Waals surface area (Å²) in [6, 6.07) is 5.00. The van der Waals surface area contributed by atoms with Gasteiger partial charge in [0.2, 0.25) is 0 Å². The van der Waals surface area contributed by atoms with Crippen LogP contribution in [0.3, 0.4) is 0 Å². The smallest absolute Gasteiger partial charge is 0.308 e. The van der Waals surface area contributed by atoms with Gasteiger partial charge in [-0.2, -0.15) is 0 Å². The molecule has 1 saturated carbocycles. The van der Waals surface area contributed by atoms with Gasteiger partial charge in [-0.15, -0.1) is 0 Å². The predicted molar refractivity (Wildman–Crippen MR) is 82.7 cm³/mol. The molecule has 1 fully saturated rings. The van der Waals surface area contributed by atoms with Crippen molar-refractivity contribution in [1.29, 1.82) is 0 Å². The van der Waals surface area contributed by atoms with E-state index < -0.39 is 11.9 Å². The summed E-state index contributed by atoms with van der Waals surface area (Å²) >= 11 is 6.67. The Morgan fingerprint density at radius 2 is 1.70 bits per heavy atom. The highest BCUT2D eigenvalue weighted by atomic mass is 79.9. The Bertz CT molecular complexity index is 513. The highest BCUT2D eigenvalue weighted by Gasteiger charge is 2.31. The van der Waals surface area contributed by atoms with E-state index in [9.17, 15) is 14.7 Å². The number of nitrogens with one attached hydrogen (secondary N) is 1. The first-order valence-corrected chi connectivity index (χ1v) is 8.06. The lowest BCUT2D eigenvalue weighted by Crippen LogP contribution is -2.45. The summed E-state index contributed by atoms with van der Waals surface area (Å²) in [7, 11) is 0. The molecule has 0 heterocycles. The fourth-order valence-electron chi connectivity index (χ4n) is 2.54. The molecule has 0 aliphatic heterocycles. The van der Waals surface area contributed by atoms with Crippen molar-refractivity contribution in [2.24, 2.45) is 5.92 Å². The van der Waals surface area contributed by atoms with E-state index in [-0.39, 0.29) is 11.9 Å². The largest absolute Gasteiger partial charge is 0.481 e. The number of carboxylic acids is 1. The molecule has 0 aromatic heterocycles. The van der Waals surface area contributed by atoms with Crippen molar-refractivity contribution < 1.29 is 14.7 Å². The number of rotatable bonds is 3.